The van der Waals surface area contributed by atoms with Gasteiger partial charge in [0.05, 0.1) is 30.5 Å². The number of methoxy groups -OCH3 is 1. The Bertz CT molecular complexity index is 1360. The van der Waals surface area contributed by atoms with Crippen molar-refractivity contribution in [1.82, 2.24) is 15.6 Å². The highest BCUT2D eigenvalue weighted by Gasteiger charge is 2.58. The van der Waals surface area contributed by atoms with Crippen molar-refractivity contribution in [1.29, 1.82) is 0 Å². The summed E-state index contributed by atoms with van der Waals surface area (Å²) < 4.78 is 57.6. The molecule has 1 aliphatic rings. The topological polar surface area (TPSA) is 136 Å². The number of nitrogens with zero attached hydrogens (tertiary/aromatic N) is 1. The average Bonchev–Trinajstić information content (AvgIpc) is 3.31. The van der Waals surface area contributed by atoms with Crippen LogP contribution in [0.2, 0.25) is 0 Å². The molecule has 0 bridgehead atoms. The Morgan fingerprint density at radius 1 is 1.08 bits per heavy atom. The van der Waals surface area contributed by atoms with Crippen LogP contribution in [0, 0.1) is 0 Å². The minimum absolute atomic E-state index is 0.189. The van der Waals surface area contributed by atoms with Gasteiger partial charge in [-0.05, 0) is 29.7 Å². The van der Waals surface area contributed by atoms with Crippen molar-refractivity contribution in [2.45, 2.75) is 43.2 Å². The van der Waals surface area contributed by atoms with Crippen molar-refractivity contribution in [3.63, 3.8) is 0 Å². The first kappa shape index (κ1) is 28.4. The summed E-state index contributed by atoms with van der Waals surface area (Å²) in [5, 5.41) is 7.47. The van der Waals surface area contributed by atoms with E-state index in [0.717, 1.165) is 11.1 Å². The molecule has 39 heavy (non-hydrogen) atoms. The lowest BCUT2D eigenvalue weighted by Crippen LogP contribution is -2.49. The van der Waals surface area contributed by atoms with Gasteiger partial charge < -0.3 is 15.4 Å². The number of aromatic nitrogens is 1. The second kappa shape index (κ2) is 12.5. The number of hydrogen-bond acceptors (Lipinski definition) is 9. The standard InChI is InChI=1S/C25H26F2N4O6S2/c1-36-24(33)30-19(11-15-5-3-2-4-6-15)22(32)28-20(23-29-21(14-38-23)18-13-25(18,26)27)12-16-7-9-17(10-8-16)31-37-39(34)35/h2-10,14,18-20,31,39H,11-13H2,1H3,(H,28,32)(H,30,33)/t18?,19-,20-/m0/s1. The van der Waals surface area contributed by atoms with Crippen LogP contribution in [0.15, 0.2) is 60.0 Å². The fourth-order valence-corrected chi connectivity index (χ4v) is 5.03. The third-order valence-electron chi connectivity index (χ3n) is 6.05. The molecule has 1 aromatic heterocycles. The van der Waals surface area contributed by atoms with Crippen molar-refractivity contribution in [3.8, 4) is 0 Å². The Morgan fingerprint density at radius 3 is 2.36 bits per heavy atom. The number of carbonyl (C=O) groups is 2. The summed E-state index contributed by atoms with van der Waals surface area (Å²) in [5.41, 5.74) is 4.49. The number of anilines is 1. The normalized spacial score (nSPS) is 17.2. The third-order valence-corrected chi connectivity index (χ3v) is 7.26. The van der Waals surface area contributed by atoms with Gasteiger partial charge in [0.1, 0.15) is 11.0 Å². The summed E-state index contributed by atoms with van der Waals surface area (Å²) in [6, 6.07) is 14.0. The maximum absolute atomic E-state index is 13.7. The summed E-state index contributed by atoms with van der Waals surface area (Å²) in [7, 11) is -1.89. The van der Waals surface area contributed by atoms with Gasteiger partial charge in [0.25, 0.3) is 16.9 Å². The number of hydrogen-bond donors (Lipinski definition) is 4. The van der Waals surface area contributed by atoms with E-state index in [9.17, 15) is 26.8 Å². The van der Waals surface area contributed by atoms with Gasteiger partial charge in [-0.15, -0.1) is 11.3 Å². The zero-order valence-corrected chi connectivity index (χ0v) is 22.3. The van der Waals surface area contributed by atoms with Crippen LogP contribution in [-0.4, -0.2) is 44.5 Å². The number of alkyl carbamates (subject to hydrolysis) is 1. The molecule has 1 aliphatic carbocycles. The van der Waals surface area contributed by atoms with E-state index in [0.29, 0.717) is 10.7 Å². The van der Waals surface area contributed by atoms with Crippen LogP contribution in [0.3, 0.4) is 0 Å². The van der Waals surface area contributed by atoms with Crippen LogP contribution in [0.4, 0.5) is 19.3 Å². The van der Waals surface area contributed by atoms with Gasteiger partial charge in [0.15, 0.2) is 0 Å². The molecule has 0 saturated heterocycles. The van der Waals surface area contributed by atoms with Gasteiger partial charge in [-0.3, -0.25) is 4.79 Å². The highest BCUT2D eigenvalue weighted by atomic mass is 32.2. The number of rotatable bonds is 12. The van der Waals surface area contributed by atoms with Gasteiger partial charge in [-0.25, -0.2) is 32.5 Å². The molecule has 3 atom stereocenters. The van der Waals surface area contributed by atoms with E-state index < -0.39 is 46.9 Å². The number of nitrogens with one attached hydrogen (secondary N) is 3. The zero-order valence-electron chi connectivity index (χ0n) is 20.6. The lowest BCUT2D eigenvalue weighted by molar-refractivity contribution is -0.123. The van der Waals surface area contributed by atoms with E-state index in [-0.39, 0.29) is 25.0 Å². The molecule has 3 N–H and O–H groups in total. The highest BCUT2D eigenvalue weighted by molar-refractivity contribution is 7.67. The fraction of sp³-hybridized carbons (Fsp3) is 0.320. The van der Waals surface area contributed by atoms with Gasteiger partial charge in [-0.2, -0.15) is 4.28 Å². The van der Waals surface area contributed by atoms with Crippen LogP contribution in [0.25, 0.3) is 0 Å². The fourth-order valence-electron chi connectivity index (χ4n) is 3.92. The minimum Gasteiger partial charge on any atom is -0.453 e. The van der Waals surface area contributed by atoms with Gasteiger partial charge in [0, 0.05) is 18.2 Å². The zero-order chi connectivity index (χ0) is 28.0. The minimum atomic E-state index is -3.08. The molecule has 2 aromatic carbocycles. The molecule has 4 rings (SSSR count). The first-order chi connectivity index (χ1) is 18.6. The second-order valence-corrected chi connectivity index (χ2v) is 10.4. The molecule has 1 fully saturated rings. The van der Waals surface area contributed by atoms with Gasteiger partial charge >= 0.3 is 6.09 Å². The molecule has 1 heterocycles. The molecule has 208 valence electrons. The number of thiol groups is 1. The van der Waals surface area contributed by atoms with Crippen LogP contribution in [0.5, 0.6) is 0 Å². The van der Waals surface area contributed by atoms with Crippen LogP contribution in [0.1, 0.15) is 40.2 Å². The smallest absolute Gasteiger partial charge is 0.407 e. The summed E-state index contributed by atoms with van der Waals surface area (Å²) in [4.78, 5) is 29.8. The number of benzene rings is 2. The van der Waals surface area contributed by atoms with E-state index in [2.05, 4.69) is 25.4 Å². The predicted octanol–water partition coefficient (Wildman–Crippen LogP) is 3.50. The first-order valence-corrected chi connectivity index (χ1v) is 13.8. The molecule has 14 heteroatoms. The third kappa shape index (κ3) is 7.94. The van der Waals surface area contributed by atoms with Crippen molar-refractivity contribution in [3.05, 3.63) is 81.8 Å². The largest absolute Gasteiger partial charge is 0.453 e. The summed E-state index contributed by atoms with van der Waals surface area (Å²) in [6.45, 7) is 0. The Kier molecular flexibility index (Phi) is 9.09. The van der Waals surface area contributed by atoms with Crippen molar-refractivity contribution in [2.24, 2.45) is 0 Å². The van der Waals surface area contributed by atoms with E-state index in [1.165, 1.54) is 18.4 Å². The number of amides is 2. The predicted molar refractivity (Wildman–Crippen MR) is 140 cm³/mol. The highest BCUT2D eigenvalue weighted by Crippen LogP contribution is 2.55. The van der Waals surface area contributed by atoms with Crippen LogP contribution < -0.4 is 16.1 Å². The summed E-state index contributed by atoms with van der Waals surface area (Å²) in [6.07, 6.45) is -0.609. The Balaban J connectivity index is 1.55. The average molecular weight is 581 g/mol. The van der Waals surface area contributed by atoms with E-state index >= 15 is 0 Å². The number of thiazole rings is 1. The Labute approximate surface area is 228 Å². The lowest BCUT2D eigenvalue weighted by atomic mass is 10.0. The molecule has 1 saturated carbocycles. The maximum Gasteiger partial charge on any atom is 0.407 e. The molecule has 0 spiro atoms. The summed E-state index contributed by atoms with van der Waals surface area (Å²) in [5.74, 6) is -4.23. The SMILES string of the molecule is COC(=O)N[C@@H](Cc1ccccc1)C(=O)N[C@@H](Cc1ccc(NO[SH](=O)=O)cc1)c1nc(C2CC2(F)F)cs1. The molecule has 0 aliphatic heterocycles. The Hall–Kier alpha value is -3.62. The number of carbonyl (C=O) groups excluding carboxylic acids is 2. The van der Waals surface area contributed by atoms with Crippen LogP contribution >= 0.6 is 11.3 Å². The quantitative estimate of drug-likeness (QED) is 0.189. The second-order valence-electron chi connectivity index (χ2n) is 8.89. The van der Waals surface area contributed by atoms with Crippen LogP contribution in [-0.2, 0) is 37.6 Å². The molecular formula is C25H26F2N4O6S2. The molecule has 10 nitrogen and oxygen atoms in total. The van der Waals surface area contributed by atoms with E-state index in [1.807, 2.05) is 30.3 Å². The number of ether oxygens (including phenoxy) is 1. The molecule has 1 unspecified atom stereocenters. The van der Waals surface area contributed by atoms with Gasteiger partial charge in [-0.1, -0.05) is 42.5 Å². The molecule has 0 radical (unpaired) electrons. The molecule has 3 aromatic rings. The number of halogens is 2. The van der Waals surface area contributed by atoms with Crippen molar-refractivity contribution in [2.75, 3.05) is 12.6 Å². The lowest BCUT2D eigenvalue weighted by Gasteiger charge is -2.22. The van der Waals surface area contributed by atoms with E-state index in [1.54, 1.807) is 29.6 Å². The Morgan fingerprint density at radius 2 is 1.74 bits per heavy atom. The maximum atomic E-state index is 13.7. The monoisotopic (exact) mass is 580 g/mol. The summed E-state index contributed by atoms with van der Waals surface area (Å²) >= 11 is 1.17. The first-order valence-electron chi connectivity index (χ1n) is 11.8. The molecular weight excluding hydrogens is 554 g/mol. The molecule has 2 amide bonds. The van der Waals surface area contributed by atoms with Crippen molar-refractivity contribution >= 4 is 40.0 Å². The van der Waals surface area contributed by atoms with E-state index in [4.69, 9.17) is 4.74 Å². The van der Waals surface area contributed by atoms with Crippen molar-refractivity contribution < 1.29 is 35.8 Å². The van der Waals surface area contributed by atoms with Gasteiger partial charge in [0.2, 0.25) is 5.91 Å². The number of alkyl halides is 2.